The van der Waals surface area contributed by atoms with Gasteiger partial charge in [-0.25, -0.2) is 0 Å². The maximum atomic E-state index is 11.9. The summed E-state index contributed by atoms with van der Waals surface area (Å²) >= 11 is 1.19. The number of nitrogens with one attached hydrogen (secondary N) is 1. The molecule has 1 N–H and O–H groups in total. The second-order valence-electron chi connectivity index (χ2n) is 5.45. The lowest BCUT2D eigenvalue weighted by Gasteiger charge is -2.18. The summed E-state index contributed by atoms with van der Waals surface area (Å²) in [6.45, 7) is 5.66. The number of carbonyl (C=O) groups excluding carboxylic acids is 1. The van der Waals surface area contributed by atoms with E-state index >= 15 is 0 Å². The molecule has 23 heavy (non-hydrogen) atoms. The predicted octanol–water partition coefficient (Wildman–Crippen LogP) is 3.65. The minimum Gasteiger partial charge on any atom is -0.465 e. The number of esters is 1. The summed E-state index contributed by atoms with van der Waals surface area (Å²) in [5.74, 6) is 0.112. The molecule has 0 aliphatic carbocycles. The first kappa shape index (κ1) is 15.6. The summed E-state index contributed by atoms with van der Waals surface area (Å²) in [6.07, 6.45) is 1.84. The van der Waals surface area contributed by atoms with Gasteiger partial charge in [-0.3, -0.25) is 4.79 Å². The Morgan fingerprint density at radius 1 is 1.35 bits per heavy atom. The van der Waals surface area contributed by atoms with Crippen LogP contribution >= 0.6 is 11.8 Å². The third-order valence-electron chi connectivity index (χ3n) is 3.34. The van der Waals surface area contributed by atoms with Crippen molar-refractivity contribution < 1.29 is 13.9 Å². The van der Waals surface area contributed by atoms with Crippen LogP contribution in [0.25, 0.3) is 22.4 Å². The molecular weight excluding hydrogens is 314 g/mol. The number of para-hydroxylation sites is 1. The lowest BCUT2D eigenvalue weighted by atomic mass is 10.2. The van der Waals surface area contributed by atoms with E-state index in [9.17, 15) is 4.79 Å². The average Bonchev–Trinajstić information content (AvgIpc) is 3.13. The number of fused-ring (bicyclic) bond motifs is 1. The van der Waals surface area contributed by atoms with Crippen LogP contribution < -0.4 is 0 Å². The molecule has 0 radical (unpaired) electrons. The first-order valence-corrected chi connectivity index (χ1v) is 8.09. The number of H-pyrrole nitrogens is 1. The first-order valence-electron chi connectivity index (χ1n) is 7.27. The number of benzene rings is 1. The van der Waals surface area contributed by atoms with Gasteiger partial charge >= 0.3 is 5.97 Å². The van der Waals surface area contributed by atoms with Crippen molar-refractivity contribution in [2.45, 2.75) is 30.7 Å². The average molecular weight is 331 g/mol. The molecule has 6 nitrogen and oxygen atoms in total. The second-order valence-corrected chi connectivity index (χ2v) is 7.03. The predicted molar refractivity (Wildman–Crippen MR) is 88.2 cm³/mol. The number of hydrogen-bond donors (Lipinski definition) is 1. The summed E-state index contributed by atoms with van der Waals surface area (Å²) in [6, 6.07) is 7.88. The van der Waals surface area contributed by atoms with Gasteiger partial charge in [-0.15, -0.1) is 10.2 Å². The highest BCUT2D eigenvalue weighted by molar-refractivity contribution is 8.01. The van der Waals surface area contributed by atoms with Gasteiger partial charge in [0.2, 0.25) is 0 Å². The van der Waals surface area contributed by atoms with Crippen LogP contribution in [0.15, 0.2) is 40.1 Å². The number of carbonyl (C=O) groups is 1. The van der Waals surface area contributed by atoms with Crippen molar-refractivity contribution in [2.75, 3.05) is 6.61 Å². The second kappa shape index (κ2) is 6.08. The van der Waals surface area contributed by atoms with Crippen LogP contribution in [0.1, 0.15) is 20.8 Å². The fourth-order valence-electron chi connectivity index (χ4n) is 2.17. The maximum absolute atomic E-state index is 11.9. The summed E-state index contributed by atoms with van der Waals surface area (Å²) < 4.78 is 9.98. The highest BCUT2D eigenvalue weighted by Crippen LogP contribution is 2.35. The zero-order chi connectivity index (χ0) is 16.4. The minimum atomic E-state index is -0.792. The topological polar surface area (TPSA) is 81.0 Å². The van der Waals surface area contributed by atoms with E-state index in [0.29, 0.717) is 17.7 Å². The van der Waals surface area contributed by atoms with Crippen LogP contribution in [0.5, 0.6) is 0 Å². The Morgan fingerprint density at radius 3 is 2.91 bits per heavy atom. The molecule has 0 unspecified atom stereocenters. The maximum Gasteiger partial charge on any atom is 0.322 e. The Bertz CT molecular complexity index is 838. The molecule has 0 bridgehead atoms. The van der Waals surface area contributed by atoms with Crippen LogP contribution in [0.3, 0.4) is 0 Å². The van der Waals surface area contributed by atoms with Crippen LogP contribution in [0.2, 0.25) is 0 Å². The van der Waals surface area contributed by atoms with Gasteiger partial charge in [-0.1, -0.05) is 18.2 Å². The minimum absolute atomic E-state index is 0.308. The molecule has 0 aliphatic heterocycles. The van der Waals surface area contributed by atoms with Crippen LogP contribution in [-0.4, -0.2) is 32.5 Å². The number of aromatic nitrogens is 3. The Hall–Kier alpha value is -2.28. The molecule has 0 saturated heterocycles. The van der Waals surface area contributed by atoms with Gasteiger partial charge in [-0.2, -0.15) is 0 Å². The van der Waals surface area contributed by atoms with E-state index in [1.807, 2.05) is 30.5 Å². The van der Waals surface area contributed by atoms with Crippen molar-refractivity contribution in [1.82, 2.24) is 15.2 Å². The molecule has 7 heteroatoms. The summed E-state index contributed by atoms with van der Waals surface area (Å²) in [5.41, 5.74) is 1.84. The molecule has 3 aromatic rings. The van der Waals surface area contributed by atoms with Crippen molar-refractivity contribution in [3.05, 3.63) is 30.5 Å². The third-order valence-corrected chi connectivity index (χ3v) is 4.35. The molecule has 0 fully saturated rings. The summed E-state index contributed by atoms with van der Waals surface area (Å²) in [7, 11) is 0. The highest BCUT2D eigenvalue weighted by Gasteiger charge is 2.33. The van der Waals surface area contributed by atoms with E-state index in [1.165, 1.54) is 11.8 Å². The molecule has 3 rings (SSSR count). The monoisotopic (exact) mass is 331 g/mol. The van der Waals surface area contributed by atoms with Gasteiger partial charge in [-0.05, 0) is 38.6 Å². The molecule has 0 amide bonds. The van der Waals surface area contributed by atoms with Gasteiger partial charge in [0.05, 0.1) is 12.2 Å². The van der Waals surface area contributed by atoms with Crippen molar-refractivity contribution >= 4 is 28.6 Å². The molecule has 120 valence electrons. The van der Waals surface area contributed by atoms with E-state index in [2.05, 4.69) is 15.2 Å². The quantitative estimate of drug-likeness (QED) is 0.568. The van der Waals surface area contributed by atoms with Crippen molar-refractivity contribution in [3.63, 3.8) is 0 Å². The number of ether oxygens (including phenoxy) is 1. The molecule has 2 heterocycles. The number of rotatable bonds is 5. The molecular formula is C16H17N3O3S. The number of nitrogens with zero attached hydrogens (tertiary/aromatic N) is 2. The lowest BCUT2D eigenvalue weighted by Crippen LogP contribution is -2.29. The van der Waals surface area contributed by atoms with E-state index in [4.69, 9.17) is 9.15 Å². The standard InChI is InChI=1S/C16H17N3O3S/c1-4-21-14(20)16(2,3)23-15-19-18-13(22-15)11-9-17-12-8-6-5-7-10(11)12/h5-9,17H,4H2,1-3H3. The largest absolute Gasteiger partial charge is 0.465 e. The SMILES string of the molecule is CCOC(=O)C(C)(C)Sc1nnc(-c2c[nH]c3ccccc23)o1. The van der Waals surface area contributed by atoms with Gasteiger partial charge < -0.3 is 14.1 Å². The third kappa shape index (κ3) is 3.10. The lowest BCUT2D eigenvalue weighted by molar-refractivity contribution is -0.145. The molecule has 0 atom stereocenters. The smallest absolute Gasteiger partial charge is 0.322 e. The zero-order valence-corrected chi connectivity index (χ0v) is 13.9. The van der Waals surface area contributed by atoms with Gasteiger partial charge in [0.1, 0.15) is 4.75 Å². The van der Waals surface area contributed by atoms with Crippen molar-refractivity contribution in [1.29, 1.82) is 0 Å². The van der Waals surface area contributed by atoms with E-state index in [-0.39, 0.29) is 5.97 Å². The van der Waals surface area contributed by atoms with Gasteiger partial charge in [0.25, 0.3) is 11.1 Å². The van der Waals surface area contributed by atoms with E-state index in [0.717, 1.165) is 16.5 Å². The number of hydrogen-bond acceptors (Lipinski definition) is 6. The van der Waals surface area contributed by atoms with Gasteiger partial charge in [0, 0.05) is 17.1 Å². The van der Waals surface area contributed by atoms with Crippen molar-refractivity contribution in [3.8, 4) is 11.5 Å². The Kier molecular flexibility index (Phi) is 4.12. The van der Waals surface area contributed by atoms with Crippen molar-refractivity contribution in [2.24, 2.45) is 0 Å². The van der Waals surface area contributed by atoms with E-state index < -0.39 is 4.75 Å². The normalized spacial score (nSPS) is 11.8. The van der Waals surface area contributed by atoms with Crippen LogP contribution in [0, 0.1) is 0 Å². The Balaban J connectivity index is 1.85. The fourth-order valence-corrected chi connectivity index (χ4v) is 2.95. The highest BCUT2D eigenvalue weighted by atomic mass is 32.2. The van der Waals surface area contributed by atoms with Crippen LogP contribution in [0.4, 0.5) is 0 Å². The van der Waals surface area contributed by atoms with Crippen LogP contribution in [-0.2, 0) is 9.53 Å². The number of thioether (sulfide) groups is 1. The molecule has 1 aromatic carbocycles. The number of aromatic amines is 1. The molecule has 2 aromatic heterocycles. The summed E-state index contributed by atoms with van der Waals surface area (Å²) in [4.78, 5) is 15.1. The van der Waals surface area contributed by atoms with E-state index in [1.54, 1.807) is 20.8 Å². The first-order chi connectivity index (χ1) is 11.0. The zero-order valence-electron chi connectivity index (χ0n) is 13.1. The fraction of sp³-hybridized carbons (Fsp3) is 0.312. The summed E-state index contributed by atoms with van der Waals surface area (Å²) in [5, 5.41) is 9.47. The van der Waals surface area contributed by atoms with Gasteiger partial charge in [0.15, 0.2) is 0 Å². The molecule has 0 spiro atoms. The molecule has 0 saturated carbocycles. The molecule has 0 aliphatic rings. The Morgan fingerprint density at radius 2 is 2.13 bits per heavy atom. The Labute approximate surface area is 137 Å².